The van der Waals surface area contributed by atoms with Crippen molar-refractivity contribution in [3.05, 3.63) is 27.2 Å². The Morgan fingerprint density at radius 2 is 1.88 bits per heavy atom. The molecule has 0 fully saturated rings. The van der Waals surface area contributed by atoms with E-state index < -0.39 is 29.4 Å². The smallest absolute Gasteiger partial charge is 0.430 e. The number of halogens is 5. The van der Waals surface area contributed by atoms with Crippen molar-refractivity contribution in [2.24, 2.45) is 0 Å². The fourth-order valence-electron chi connectivity index (χ4n) is 2.07. The van der Waals surface area contributed by atoms with Gasteiger partial charge in [0.05, 0.1) is 10.6 Å². The zero-order valence-corrected chi connectivity index (χ0v) is 14.3. The molecular weight excluding hydrogens is 372 g/mol. The first-order valence-electron chi connectivity index (χ1n) is 6.70. The van der Waals surface area contributed by atoms with Gasteiger partial charge in [0.2, 0.25) is 6.10 Å². The number of carboxylic acid groups (broad SMARTS) is 1. The first kappa shape index (κ1) is 18.7. The second kappa shape index (κ2) is 6.04. The highest BCUT2D eigenvalue weighted by Crippen LogP contribution is 2.48. The fraction of sp³-hybridized carbons (Fsp3) is 0.400. The number of benzene rings is 1. The van der Waals surface area contributed by atoms with Crippen LogP contribution in [0.3, 0.4) is 0 Å². The lowest BCUT2D eigenvalue weighted by molar-refractivity contribution is -0.187. The van der Waals surface area contributed by atoms with E-state index in [1.807, 2.05) is 0 Å². The third kappa shape index (κ3) is 3.72. The molecule has 1 heterocycles. The number of carboxylic acids is 1. The normalized spacial score (nSPS) is 17.7. The Bertz CT molecular complexity index is 721. The molecule has 132 valence electrons. The summed E-state index contributed by atoms with van der Waals surface area (Å²) in [5.74, 6) is -2.10. The number of fused-ring (bicyclic) bond motifs is 1. The molecule has 4 nitrogen and oxygen atoms in total. The molecule has 1 aromatic carbocycles. The molecule has 0 spiro atoms. The summed E-state index contributed by atoms with van der Waals surface area (Å²) in [6.45, 7) is 5.13. The first-order valence-corrected chi connectivity index (χ1v) is 7.46. The van der Waals surface area contributed by atoms with Gasteiger partial charge >= 0.3 is 12.1 Å². The molecule has 0 radical (unpaired) electrons. The van der Waals surface area contributed by atoms with Gasteiger partial charge in [0.1, 0.15) is 16.4 Å². The number of alkyl halides is 3. The van der Waals surface area contributed by atoms with Crippen LogP contribution in [0.2, 0.25) is 10.0 Å². The minimum absolute atomic E-state index is 0.0299. The maximum Gasteiger partial charge on any atom is 0.430 e. The molecule has 1 N–H and O–H groups in total. The lowest BCUT2D eigenvalue weighted by atomic mass is 10.0. The van der Waals surface area contributed by atoms with Crippen molar-refractivity contribution in [2.45, 2.75) is 38.7 Å². The van der Waals surface area contributed by atoms with E-state index in [9.17, 15) is 18.0 Å². The van der Waals surface area contributed by atoms with E-state index in [4.69, 9.17) is 37.8 Å². The maximum atomic E-state index is 13.1. The second-order valence-electron chi connectivity index (χ2n) is 6.08. The average Bonchev–Trinajstić information content (AvgIpc) is 2.40. The standard InChI is InChI=1S/C15H13Cl2F3O4/c1-14(2,3)24-11-8(16)5-6-4-7(13(21)22)12(15(18,19)20)23-10(6)9(11)17/h4-5,12H,1-3H3,(H,21,22). The molecule has 1 aromatic rings. The molecular formula is C15H13Cl2F3O4. The lowest BCUT2D eigenvalue weighted by Crippen LogP contribution is -2.40. The number of carbonyl (C=O) groups is 1. The van der Waals surface area contributed by atoms with Gasteiger partial charge in [-0.1, -0.05) is 23.2 Å². The fourth-order valence-corrected chi connectivity index (χ4v) is 2.66. The Hall–Kier alpha value is -1.60. The second-order valence-corrected chi connectivity index (χ2v) is 6.86. The topological polar surface area (TPSA) is 55.8 Å². The molecule has 0 saturated carbocycles. The van der Waals surface area contributed by atoms with Crippen LogP contribution >= 0.6 is 23.2 Å². The SMILES string of the molecule is CC(C)(C)Oc1c(Cl)cc2c(c1Cl)OC(C(F)(F)F)C(C(=O)O)=C2. The van der Waals surface area contributed by atoms with E-state index in [1.165, 1.54) is 6.07 Å². The Morgan fingerprint density at radius 3 is 2.33 bits per heavy atom. The van der Waals surface area contributed by atoms with Crippen LogP contribution in [-0.2, 0) is 4.79 Å². The zero-order chi connectivity index (χ0) is 18.4. The highest BCUT2D eigenvalue weighted by Gasteiger charge is 2.49. The van der Waals surface area contributed by atoms with Gasteiger partial charge in [-0.2, -0.15) is 13.2 Å². The predicted octanol–water partition coefficient (Wildman–Crippen LogP) is 4.96. The quantitative estimate of drug-likeness (QED) is 0.782. The van der Waals surface area contributed by atoms with Gasteiger partial charge in [-0.25, -0.2) is 4.79 Å². The van der Waals surface area contributed by atoms with Gasteiger partial charge in [-0.3, -0.25) is 0 Å². The van der Waals surface area contributed by atoms with Gasteiger partial charge in [-0.05, 0) is 32.9 Å². The zero-order valence-electron chi connectivity index (χ0n) is 12.8. The Balaban J connectivity index is 2.63. The molecule has 0 amide bonds. The summed E-state index contributed by atoms with van der Waals surface area (Å²) in [7, 11) is 0. The Labute approximate surface area is 145 Å². The van der Waals surface area contributed by atoms with Crippen LogP contribution in [0.15, 0.2) is 11.6 Å². The van der Waals surface area contributed by atoms with E-state index in [-0.39, 0.29) is 27.1 Å². The summed E-state index contributed by atoms with van der Waals surface area (Å²) >= 11 is 12.2. The highest BCUT2D eigenvalue weighted by molar-refractivity contribution is 6.38. The maximum absolute atomic E-state index is 13.1. The summed E-state index contributed by atoms with van der Waals surface area (Å²) in [6.07, 6.45) is -6.71. The highest BCUT2D eigenvalue weighted by atomic mass is 35.5. The van der Waals surface area contributed by atoms with Crippen molar-refractivity contribution < 1.29 is 32.5 Å². The van der Waals surface area contributed by atoms with E-state index in [2.05, 4.69) is 0 Å². The van der Waals surface area contributed by atoms with Gasteiger partial charge in [0, 0.05) is 5.56 Å². The van der Waals surface area contributed by atoms with Gasteiger partial charge in [0.25, 0.3) is 0 Å². The molecule has 24 heavy (non-hydrogen) atoms. The van der Waals surface area contributed by atoms with Crippen molar-refractivity contribution >= 4 is 35.2 Å². The van der Waals surface area contributed by atoms with Gasteiger partial charge in [-0.15, -0.1) is 0 Å². The van der Waals surface area contributed by atoms with Crippen molar-refractivity contribution in [2.75, 3.05) is 0 Å². The van der Waals surface area contributed by atoms with Crippen LogP contribution < -0.4 is 9.47 Å². The van der Waals surface area contributed by atoms with E-state index in [1.54, 1.807) is 20.8 Å². The summed E-state index contributed by atoms with van der Waals surface area (Å²) in [4.78, 5) is 11.1. The van der Waals surface area contributed by atoms with Crippen LogP contribution in [0.4, 0.5) is 13.2 Å². The first-order chi connectivity index (χ1) is 10.8. The van der Waals surface area contributed by atoms with Crippen LogP contribution in [0.5, 0.6) is 11.5 Å². The van der Waals surface area contributed by atoms with Crippen LogP contribution in [0, 0.1) is 0 Å². The molecule has 0 aliphatic carbocycles. The number of rotatable bonds is 2. The number of hydrogen-bond acceptors (Lipinski definition) is 3. The summed E-state index contributed by atoms with van der Waals surface area (Å²) in [6, 6.07) is 1.25. The summed E-state index contributed by atoms with van der Waals surface area (Å²) in [5, 5.41) is 8.79. The molecule has 0 aromatic heterocycles. The predicted molar refractivity (Wildman–Crippen MR) is 82.9 cm³/mol. The molecule has 9 heteroatoms. The number of hydrogen-bond donors (Lipinski definition) is 1. The molecule has 2 rings (SSSR count). The number of ether oxygens (including phenoxy) is 2. The van der Waals surface area contributed by atoms with Crippen LogP contribution in [-0.4, -0.2) is 29.0 Å². The molecule has 1 atom stereocenters. The summed E-state index contributed by atoms with van der Waals surface area (Å²) < 4.78 is 49.7. The molecule has 0 bridgehead atoms. The van der Waals surface area contributed by atoms with Crippen LogP contribution in [0.1, 0.15) is 26.3 Å². The third-order valence-corrected chi connectivity index (χ3v) is 3.57. The largest absolute Gasteiger partial charge is 0.485 e. The molecule has 1 aliphatic heterocycles. The number of aliphatic carboxylic acids is 1. The molecule has 1 aliphatic rings. The van der Waals surface area contributed by atoms with Crippen molar-refractivity contribution in [3.63, 3.8) is 0 Å². The van der Waals surface area contributed by atoms with Crippen molar-refractivity contribution in [1.82, 2.24) is 0 Å². The van der Waals surface area contributed by atoms with Gasteiger partial charge in [0.15, 0.2) is 5.75 Å². The van der Waals surface area contributed by atoms with E-state index in [0.717, 1.165) is 6.08 Å². The molecule has 1 unspecified atom stereocenters. The average molecular weight is 385 g/mol. The van der Waals surface area contributed by atoms with Crippen LogP contribution in [0.25, 0.3) is 6.08 Å². The molecule has 0 saturated heterocycles. The minimum Gasteiger partial charge on any atom is -0.485 e. The van der Waals surface area contributed by atoms with E-state index >= 15 is 0 Å². The van der Waals surface area contributed by atoms with Crippen molar-refractivity contribution in [1.29, 1.82) is 0 Å². The Morgan fingerprint density at radius 1 is 1.29 bits per heavy atom. The minimum atomic E-state index is -4.92. The van der Waals surface area contributed by atoms with Gasteiger partial charge < -0.3 is 14.6 Å². The van der Waals surface area contributed by atoms with Crippen molar-refractivity contribution in [3.8, 4) is 11.5 Å². The van der Waals surface area contributed by atoms with E-state index in [0.29, 0.717) is 0 Å². The summed E-state index contributed by atoms with van der Waals surface area (Å²) in [5.41, 5.74) is -1.63. The Kier molecular flexibility index (Phi) is 4.71. The third-order valence-electron chi connectivity index (χ3n) is 2.94. The lowest BCUT2D eigenvalue weighted by Gasteiger charge is -2.29. The monoisotopic (exact) mass is 384 g/mol.